The summed E-state index contributed by atoms with van der Waals surface area (Å²) < 4.78 is 5.08. The largest absolute Gasteiger partial charge is 0.385 e. The number of hydrogen-bond donors (Lipinski definition) is 2. The zero-order valence-electron chi connectivity index (χ0n) is 16.1. The van der Waals surface area contributed by atoms with Crippen molar-refractivity contribution in [3.8, 4) is 0 Å². The summed E-state index contributed by atoms with van der Waals surface area (Å²) >= 11 is 0. The highest BCUT2D eigenvalue weighted by Crippen LogP contribution is 2.09. The average molecular weight is 342 g/mol. The van der Waals surface area contributed by atoms with E-state index in [4.69, 9.17) is 4.74 Å². The minimum absolute atomic E-state index is 0.831. The van der Waals surface area contributed by atoms with Crippen molar-refractivity contribution in [3.05, 3.63) is 0 Å². The van der Waals surface area contributed by atoms with Gasteiger partial charge in [0.2, 0.25) is 0 Å². The molecule has 6 heteroatoms. The number of aliphatic imine (C=N–C) groups is 1. The molecule has 0 aliphatic carbocycles. The summed E-state index contributed by atoms with van der Waals surface area (Å²) in [7, 11) is 5.74. The monoisotopic (exact) mass is 341 g/mol. The van der Waals surface area contributed by atoms with Gasteiger partial charge in [-0.2, -0.15) is 0 Å². The van der Waals surface area contributed by atoms with Crippen molar-refractivity contribution in [2.24, 2.45) is 4.99 Å². The fraction of sp³-hybridized carbons (Fsp3) is 0.944. The number of likely N-dealkylation sites (N-methyl/N-ethyl adjacent to an activating group) is 1. The number of guanidine groups is 1. The topological polar surface area (TPSA) is 52.1 Å². The molecule has 1 aliphatic rings. The Labute approximate surface area is 149 Å². The fourth-order valence-corrected chi connectivity index (χ4v) is 3.05. The molecular formula is C18H39N5O. The molecule has 24 heavy (non-hydrogen) atoms. The van der Waals surface area contributed by atoms with E-state index < -0.39 is 0 Å². The molecule has 0 aromatic carbocycles. The van der Waals surface area contributed by atoms with Gasteiger partial charge in [-0.3, -0.25) is 4.99 Å². The second kappa shape index (κ2) is 14.5. The number of methoxy groups -OCH3 is 1. The molecule has 0 bridgehead atoms. The van der Waals surface area contributed by atoms with Crippen LogP contribution in [0, 0.1) is 0 Å². The third-order valence-corrected chi connectivity index (χ3v) is 4.54. The van der Waals surface area contributed by atoms with E-state index in [1.165, 1.54) is 51.7 Å². The third kappa shape index (κ3) is 10.8. The Morgan fingerprint density at radius 1 is 1.04 bits per heavy atom. The molecule has 0 atom stereocenters. The van der Waals surface area contributed by atoms with Gasteiger partial charge < -0.3 is 25.2 Å². The van der Waals surface area contributed by atoms with Gasteiger partial charge in [0.15, 0.2) is 5.96 Å². The molecule has 1 saturated heterocycles. The van der Waals surface area contributed by atoms with Gasteiger partial charge in [-0.15, -0.1) is 0 Å². The maximum Gasteiger partial charge on any atom is 0.191 e. The molecule has 1 aliphatic heterocycles. The molecule has 1 rings (SSSR count). The number of ether oxygens (including phenoxy) is 1. The number of hydrogen-bond acceptors (Lipinski definition) is 4. The predicted octanol–water partition coefficient (Wildman–Crippen LogP) is 1.39. The van der Waals surface area contributed by atoms with E-state index in [9.17, 15) is 0 Å². The summed E-state index contributed by atoms with van der Waals surface area (Å²) in [4.78, 5) is 9.23. The van der Waals surface area contributed by atoms with Crippen molar-refractivity contribution in [3.63, 3.8) is 0 Å². The van der Waals surface area contributed by atoms with Gasteiger partial charge in [0, 0.05) is 46.9 Å². The van der Waals surface area contributed by atoms with E-state index in [1.54, 1.807) is 7.11 Å². The quantitative estimate of drug-likeness (QED) is 0.338. The van der Waals surface area contributed by atoms with Gasteiger partial charge in [-0.25, -0.2) is 0 Å². The van der Waals surface area contributed by atoms with Crippen LogP contribution in [0.25, 0.3) is 0 Å². The highest BCUT2D eigenvalue weighted by atomic mass is 16.5. The summed E-state index contributed by atoms with van der Waals surface area (Å²) in [6.45, 7) is 8.57. The molecule has 1 fully saturated rings. The first-order valence-corrected chi connectivity index (χ1v) is 9.60. The lowest BCUT2D eigenvalue weighted by Gasteiger charge is -2.20. The summed E-state index contributed by atoms with van der Waals surface area (Å²) in [6.07, 6.45) is 7.81. The van der Waals surface area contributed by atoms with Crippen molar-refractivity contribution in [1.82, 2.24) is 20.4 Å². The normalized spacial score (nSPS) is 17.1. The SMILES string of the molecule is CN=C(NCCCN1CCCCCC1)NCCN(C)CCCOC. The van der Waals surface area contributed by atoms with Gasteiger partial charge in [-0.1, -0.05) is 12.8 Å². The lowest BCUT2D eigenvalue weighted by Crippen LogP contribution is -2.42. The first-order valence-electron chi connectivity index (χ1n) is 9.60. The number of nitrogens with zero attached hydrogens (tertiary/aromatic N) is 3. The number of rotatable bonds is 11. The second-order valence-electron chi connectivity index (χ2n) is 6.68. The van der Waals surface area contributed by atoms with E-state index in [1.807, 2.05) is 7.05 Å². The van der Waals surface area contributed by atoms with Gasteiger partial charge >= 0.3 is 0 Å². The van der Waals surface area contributed by atoms with Crippen LogP contribution in [0.4, 0.5) is 0 Å². The Bertz CT molecular complexity index is 317. The zero-order chi connectivity index (χ0) is 17.5. The molecule has 0 aromatic rings. The molecule has 0 amide bonds. The summed E-state index contributed by atoms with van der Waals surface area (Å²) in [5, 5.41) is 6.82. The lowest BCUT2D eigenvalue weighted by molar-refractivity contribution is 0.180. The molecule has 6 nitrogen and oxygen atoms in total. The molecule has 0 spiro atoms. The van der Waals surface area contributed by atoms with Crippen LogP contribution in [0.15, 0.2) is 4.99 Å². The summed E-state index contributed by atoms with van der Waals surface area (Å²) in [5.74, 6) is 0.913. The van der Waals surface area contributed by atoms with Crippen LogP contribution >= 0.6 is 0 Å². The first kappa shape index (κ1) is 21.2. The maximum absolute atomic E-state index is 5.08. The highest BCUT2D eigenvalue weighted by Gasteiger charge is 2.08. The molecule has 0 saturated carbocycles. The Kier molecular flexibility index (Phi) is 12.8. The van der Waals surface area contributed by atoms with Crippen LogP contribution in [0.5, 0.6) is 0 Å². The molecule has 0 radical (unpaired) electrons. The molecule has 1 heterocycles. The zero-order valence-corrected chi connectivity index (χ0v) is 16.1. The van der Waals surface area contributed by atoms with Gasteiger partial charge in [0.25, 0.3) is 0 Å². The van der Waals surface area contributed by atoms with E-state index in [0.29, 0.717) is 0 Å². The Morgan fingerprint density at radius 3 is 2.42 bits per heavy atom. The van der Waals surface area contributed by atoms with Crippen LogP contribution in [0.2, 0.25) is 0 Å². The van der Waals surface area contributed by atoms with Crippen LogP contribution in [0.3, 0.4) is 0 Å². The summed E-state index contributed by atoms with van der Waals surface area (Å²) in [6, 6.07) is 0. The standard InChI is InChI=1S/C18H39N5O/c1-19-18(21-11-16-22(2)12-9-17-24-3)20-10-8-15-23-13-6-4-5-7-14-23/h4-17H2,1-3H3,(H2,19,20,21). The van der Waals surface area contributed by atoms with E-state index in [0.717, 1.165) is 45.2 Å². The minimum Gasteiger partial charge on any atom is -0.385 e. The van der Waals surface area contributed by atoms with E-state index >= 15 is 0 Å². The predicted molar refractivity (Wildman–Crippen MR) is 103 cm³/mol. The second-order valence-corrected chi connectivity index (χ2v) is 6.68. The van der Waals surface area contributed by atoms with Crippen molar-refractivity contribution in [1.29, 1.82) is 0 Å². The van der Waals surface area contributed by atoms with E-state index in [2.05, 4.69) is 32.5 Å². The van der Waals surface area contributed by atoms with Gasteiger partial charge in [0.05, 0.1) is 0 Å². The minimum atomic E-state index is 0.831. The number of nitrogens with one attached hydrogen (secondary N) is 2. The average Bonchev–Trinajstić information content (AvgIpc) is 2.86. The van der Waals surface area contributed by atoms with Crippen molar-refractivity contribution < 1.29 is 4.74 Å². The smallest absolute Gasteiger partial charge is 0.191 e. The van der Waals surface area contributed by atoms with Crippen molar-refractivity contribution in [2.45, 2.75) is 38.5 Å². The molecule has 0 unspecified atom stereocenters. The lowest BCUT2D eigenvalue weighted by atomic mass is 10.2. The highest BCUT2D eigenvalue weighted by molar-refractivity contribution is 5.79. The summed E-state index contributed by atoms with van der Waals surface area (Å²) in [5.41, 5.74) is 0. The molecule has 2 N–H and O–H groups in total. The van der Waals surface area contributed by atoms with Crippen molar-refractivity contribution >= 4 is 5.96 Å². The van der Waals surface area contributed by atoms with E-state index in [-0.39, 0.29) is 0 Å². The third-order valence-electron chi connectivity index (χ3n) is 4.54. The van der Waals surface area contributed by atoms with Crippen LogP contribution in [-0.4, -0.2) is 89.4 Å². The van der Waals surface area contributed by atoms with Gasteiger partial charge in [0.1, 0.15) is 0 Å². The Hall–Kier alpha value is -0.850. The fourth-order valence-electron chi connectivity index (χ4n) is 3.05. The maximum atomic E-state index is 5.08. The Balaban J connectivity index is 2.03. The van der Waals surface area contributed by atoms with Gasteiger partial charge in [-0.05, 0) is 52.4 Å². The van der Waals surface area contributed by atoms with Crippen LogP contribution in [0.1, 0.15) is 38.5 Å². The Morgan fingerprint density at radius 2 is 1.75 bits per heavy atom. The van der Waals surface area contributed by atoms with Crippen LogP contribution in [-0.2, 0) is 4.74 Å². The molecule has 0 aromatic heterocycles. The van der Waals surface area contributed by atoms with Crippen LogP contribution < -0.4 is 10.6 Å². The number of likely N-dealkylation sites (tertiary alicyclic amines) is 1. The molecular weight excluding hydrogens is 302 g/mol. The molecule has 142 valence electrons. The van der Waals surface area contributed by atoms with Crippen molar-refractivity contribution in [2.75, 3.05) is 73.6 Å². The first-order chi connectivity index (χ1) is 11.8.